The Morgan fingerprint density at radius 2 is 2.00 bits per heavy atom. The average Bonchev–Trinajstić information content (AvgIpc) is 2.97. The number of aromatic nitrogens is 2. The van der Waals surface area contributed by atoms with Crippen LogP contribution in [0.5, 0.6) is 11.5 Å². The molecule has 0 spiro atoms. The minimum atomic E-state index is -3.62. The molecule has 0 amide bonds. The minimum Gasteiger partial charge on any atom is -0.486 e. The minimum absolute atomic E-state index is 0.0319. The number of hydrogen-bond acceptors (Lipinski definition) is 7. The Hall–Kier alpha value is -2.66. The van der Waals surface area contributed by atoms with Crippen molar-refractivity contribution < 1.29 is 22.8 Å². The molecule has 1 aromatic heterocycles. The van der Waals surface area contributed by atoms with Crippen LogP contribution < -0.4 is 9.47 Å². The molecule has 2 aromatic rings. The summed E-state index contributed by atoms with van der Waals surface area (Å²) >= 11 is 0. The van der Waals surface area contributed by atoms with Gasteiger partial charge in [0.2, 0.25) is 10.0 Å². The molecule has 0 saturated carbocycles. The van der Waals surface area contributed by atoms with Crippen LogP contribution in [-0.2, 0) is 16.6 Å². The number of benzene rings is 1. The summed E-state index contributed by atoms with van der Waals surface area (Å²) in [7, 11) is -3.62. The average molecular weight is 424 g/mol. The molecule has 158 valence electrons. The van der Waals surface area contributed by atoms with Crippen molar-refractivity contribution in [1.29, 1.82) is 0 Å². The number of sulfonamides is 1. The number of aryl methyl sites for hydroxylation is 2. The van der Waals surface area contributed by atoms with Crippen molar-refractivity contribution in [3.8, 4) is 11.5 Å². The SMILES string of the molecule is CCN(CC1COc2ccccc2O1)S(=O)(=O)CCn1nc(C)c([N+](=O)[O-])c1C. The largest absolute Gasteiger partial charge is 0.486 e. The molecule has 29 heavy (non-hydrogen) atoms. The maximum Gasteiger partial charge on any atom is 0.312 e. The molecule has 2 heterocycles. The van der Waals surface area contributed by atoms with Crippen molar-refractivity contribution in [2.24, 2.45) is 0 Å². The lowest BCUT2D eigenvalue weighted by atomic mass is 10.2. The van der Waals surface area contributed by atoms with Crippen molar-refractivity contribution in [2.45, 2.75) is 33.4 Å². The van der Waals surface area contributed by atoms with Gasteiger partial charge in [0, 0.05) is 6.54 Å². The van der Waals surface area contributed by atoms with Crippen LogP contribution in [-0.4, -0.2) is 59.0 Å². The van der Waals surface area contributed by atoms with Crippen LogP contribution in [0.15, 0.2) is 24.3 Å². The standard InChI is InChI=1S/C18H24N4O6S/c1-4-20(11-15-12-27-16-7-5-6-8-17(16)28-15)29(25,26)10-9-21-14(3)18(22(23)24)13(2)19-21/h5-8,15H,4,9-12H2,1-3H3. The lowest BCUT2D eigenvalue weighted by molar-refractivity contribution is -0.386. The molecule has 0 fully saturated rings. The van der Waals surface area contributed by atoms with Crippen LogP contribution in [0.2, 0.25) is 0 Å². The first-order valence-electron chi connectivity index (χ1n) is 9.27. The first kappa shape index (κ1) is 21.1. The molecule has 11 heteroatoms. The van der Waals surface area contributed by atoms with E-state index in [9.17, 15) is 18.5 Å². The molecular formula is C18H24N4O6S. The van der Waals surface area contributed by atoms with Crippen LogP contribution >= 0.6 is 0 Å². The van der Waals surface area contributed by atoms with Crippen molar-refractivity contribution in [3.63, 3.8) is 0 Å². The van der Waals surface area contributed by atoms with Crippen molar-refractivity contribution in [2.75, 3.05) is 25.4 Å². The lowest BCUT2D eigenvalue weighted by Gasteiger charge is -2.30. The Balaban J connectivity index is 1.66. The summed E-state index contributed by atoms with van der Waals surface area (Å²) in [6.07, 6.45) is -0.422. The number of likely N-dealkylation sites (N-methyl/N-ethyl adjacent to an activating group) is 1. The van der Waals surface area contributed by atoms with Gasteiger partial charge in [-0.2, -0.15) is 9.40 Å². The lowest BCUT2D eigenvalue weighted by Crippen LogP contribution is -2.44. The van der Waals surface area contributed by atoms with Crippen molar-refractivity contribution in [1.82, 2.24) is 14.1 Å². The van der Waals surface area contributed by atoms with Gasteiger partial charge in [0.05, 0.1) is 23.8 Å². The number of rotatable bonds is 8. The van der Waals surface area contributed by atoms with Crippen LogP contribution in [0.3, 0.4) is 0 Å². The van der Waals surface area contributed by atoms with Gasteiger partial charge >= 0.3 is 5.69 Å². The summed E-state index contributed by atoms with van der Waals surface area (Å²) in [6.45, 7) is 5.57. The zero-order chi connectivity index (χ0) is 21.2. The highest BCUT2D eigenvalue weighted by Crippen LogP contribution is 2.31. The zero-order valence-electron chi connectivity index (χ0n) is 16.6. The highest BCUT2D eigenvalue weighted by molar-refractivity contribution is 7.89. The van der Waals surface area contributed by atoms with E-state index in [1.807, 2.05) is 12.1 Å². The van der Waals surface area contributed by atoms with Crippen LogP contribution in [0.4, 0.5) is 5.69 Å². The molecule has 0 radical (unpaired) electrons. The Labute approximate surface area is 169 Å². The number of fused-ring (bicyclic) bond motifs is 1. The van der Waals surface area contributed by atoms with E-state index in [0.29, 0.717) is 17.2 Å². The van der Waals surface area contributed by atoms with E-state index in [4.69, 9.17) is 9.47 Å². The fourth-order valence-corrected chi connectivity index (χ4v) is 4.77. The predicted octanol–water partition coefficient (Wildman–Crippen LogP) is 1.90. The van der Waals surface area contributed by atoms with Gasteiger partial charge < -0.3 is 9.47 Å². The fourth-order valence-electron chi connectivity index (χ4n) is 3.32. The van der Waals surface area contributed by atoms with Gasteiger partial charge in [-0.3, -0.25) is 14.8 Å². The molecule has 0 N–H and O–H groups in total. The summed E-state index contributed by atoms with van der Waals surface area (Å²) in [4.78, 5) is 10.6. The predicted molar refractivity (Wildman–Crippen MR) is 106 cm³/mol. The van der Waals surface area contributed by atoms with E-state index in [2.05, 4.69) is 5.10 Å². The fraction of sp³-hybridized carbons (Fsp3) is 0.500. The smallest absolute Gasteiger partial charge is 0.312 e. The summed E-state index contributed by atoms with van der Waals surface area (Å²) in [5, 5.41) is 15.2. The summed E-state index contributed by atoms with van der Waals surface area (Å²) < 4.78 is 39.9. The number of nitro groups is 1. The Kier molecular flexibility index (Phi) is 6.08. The third kappa shape index (κ3) is 4.51. The molecule has 1 aliphatic heterocycles. The molecule has 10 nitrogen and oxygen atoms in total. The normalized spacial score (nSPS) is 16.2. The molecule has 1 unspecified atom stereocenters. The van der Waals surface area contributed by atoms with E-state index in [1.165, 1.54) is 15.9 Å². The van der Waals surface area contributed by atoms with E-state index in [-0.39, 0.29) is 43.4 Å². The highest BCUT2D eigenvalue weighted by Gasteiger charge is 2.29. The van der Waals surface area contributed by atoms with E-state index in [0.717, 1.165) is 0 Å². The quantitative estimate of drug-likeness (QED) is 0.469. The summed E-state index contributed by atoms with van der Waals surface area (Å²) in [6, 6.07) is 7.25. The molecule has 3 rings (SSSR count). The first-order chi connectivity index (χ1) is 13.7. The Morgan fingerprint density at radius 1 is 1.31 bits per heavy atom. The molecule has 0 aliphatic carbocycles. The second-order valence-electron chi connectivity index (χ2n) is 6.76. The van der Waals surface area contributed by atoms with Gasteiger partial charge in [-0.15, -0.1) is 0 Å². The molecule has 1 atom stereocenters. The first-order valence-corrected chi connectivity index (χ1v) is 10.9. The number of para-hydroxylation sites is 2. The Morgan fingerprint density at radius 3 is 2.62 bits per heavy atom. The van der Waals surface area contributed by atoms with Gasteiger partial charge in [0.1, 0.15) is 24.1 Å². The number of hydrogen-bond donors (Lipinski definition) is 0. The maximum absolute atomic E-state index is 12.8. The monoisotopic (exact) mass is 424 g/mol. The van der Waals surface area contributed by atoms with Gasteiger partial charge in [-0.25, -0.2) is 8.42 Å². The summed E-state index contributed by atoms with van der Waals surface area (Å²) in [5.41, 5.74) is 0.524. The summed E-state index contributed by atoms with van der Waals surface area (Å²) in [5.74, 6) is 1.01. The number of nitrogens with zero attached hydrogens (tertiary/aromatic N) is 4. The van der Waals surface area contributed by atoms with Gasteiger partial charge in [-0.1, -0.05) is 19.1 Å². The second kappa shape index (κ2) is 8.37. The van der Waals surface area contributed by atoms with Crippen LogP contribution in [0.1, 0.15) is 18.3 Å². The molecule has 0 bridgehead atoms. The maximum atomic E-state index is 12.8. The van der Waals surface area contributed by atoms with Gasteiger partial charge in [-0.05, 0) is 26.0 Å². The third-order valence-corrected chi connectivity index (χ3v) is 6.70. The van der Waals surface area contributed by atoms with Gasteiger partial charge in [0.25, 0.3) is 0 Å². The van der Waals surface area contributed by atoms with Crippen LogP contribution in [0.25, 0.3) is 0 Å². The van der Waals surface area contributed by atoms with Crippen LogP contribution in [0, 0.1) is 24.0 Å². The molecule has 1 aliphatic rings. The van der Waals surface area contributed by atoms with Crippen molar-refractivity contribution >= 4 is 15.7 Å². The zero-order valence-corrected chi connectivity index (χ0v) is 17.4. The number of ether oxygens (including phenoxy) is 2. The van der Waals surface area contributed by atoms with E-state index < -0.39 is 21.1 Å². The van der Waals surface area contributed by atoms with E-state index in [1.54, 1.807) is 26.0 Å². The second-order valence-corrected chi connectivity index (χ2v) is 8.85. The van der Waals surface area contributed by atoms with E-state index >= 15 is 0 Å². The third-order valence-electron chi connectivity index (χ3n) is 4.81. The van der Waals surface area contributed by atoms with Crippen molar-refractivity contribution in [3.05, 3.63) is 45.8 Å². The Bertz CT molecular complexity index is 1000. The highest BCUT2D eigenvalue weighted by atomic mass is 32.2. The molecule has 0 saturated heterocycles. The molecular weight excluding hydrogens is 400 g/mol. The topological polar surface area (TPSA) is 117 Å². The molecule has 1 aromatic carbocycles. The van der Waals surface area contributed by atoms with Gasteiger partial charge in [0.15, 0.2) is 11.5 Å².